The molecule has 2 amide bonds. The van der Waals surface area contributed by atoms with E-state index in [4.69, 9.17) is 17.3 Å². The van der Waals surface area contributed by atoms with E-state index in [1.54, 1.807) is 0 Å². The molecule has 0 saturated carbocycles. The zero-order chi connectivity index (χ0) is 16.9. The van der Waals surface area contributed by atoms with Gasteiger partial charge in [0.2, 0.25) is 0 Å². The summed E-state index contributed by atoms with van der Waals surface area (Å²) >= 11 is 5.72. The van der Waals surface area contributed by atoms with Gasteiger partial charge < -0.3 is 11.1 Å². The van der Waals surface area contributed by atoms with Crippen molar-refractivity contribution < 1.29 is 13.2 Å². The van der Waals surface area contributed by atoms with Gasteiger partial charge in [-0.3, -0.25) is 0 Å². The van der Waals surface area contributed by atoms with Crippen molar-refractivity contribution in [2.75, 3.05) is 12.3 Å². The van der Waals surface area contributed by atoms with E-state index in [2.05, 4.69) is 5.32 Å². The summed E-state index contributed by atoms with van der Waals surface area (Å²) in [6.45, 7) is 0.307. The first-order chi connectivity index (χ1) is 10.9. The summed E-state index contributed by atoms with van der Waals surface area (Å²) in [5.41, 5.74) is 6.64. The number of sulfonamides is 1. The second kappa shape index (κ2) is 7.34. The highest BCUT2D eigenvalue weighted by Crippen LogP contribution is 2.22. The molecule has 122 valence electrons. The number of hydrogen-bond acceptors (Lipinski definition) is 4. The normalized spacial score (nSPS) is 11.0. The van der Waals surface area contributed by atoms with E-state index in [1.165, 1.54) is 18.2 Å². The van der Waals surface area contributed by atoms with Gasteiger partial charge in [0.15, 0.2) is 0 Å². The van der Waals surface area contributed by atoms with Gasteiger partial charge in [-0.2, -0.15) is 0 Å². The first kappa shape index (κ1) is 17.1. The van der Waals surface area contributed by atoms with Crippen molar-refractivity contribution in [2.45, 2.75) is 11.3 Å². The Morgan fingerprint density at radius 1 is 1.13 bits per heavy atom. The molecule has 0 aliphatic heterocycles. The molecule has 0 bridgehead atoms. The van der Waals surface area contributed by atoms with Crippen molar-refractivity contribution >= 4 is 33.3 Å². The van der Waals surface area contributed by atoms with Gasteiger partial charge in [-0.05, 0) is 30.2 Å². The molecule has 23 heavy (non-hydrogen) atoms. The van der Waals surface area contributed by atoms with E-state index in [1.807, 2.05) is 35.1 Å². The van der Waals surface area contributed by atoms with Gasteiger partial charge in [-0.15, -0.1) is 0 Å². The average molecular weight is 354 g/mol. The number of carbonyl (C=O) groups excluding carboxylic acids is 1. The van der Waals surface area contributed by atoms with Crippen LogP contribution in [0.25, 0.3) is 0 Å². The summed E-state index contributed by atoms with van der Waals surface area (Å²) in [5, 5.41) is 2.81. The van der Waals surface area contributed by atoms with Crippen LogP contribution in [-0.4, -0.2) is 21.0 Å². The quantitative estimate of drug-likeness (QED) is 0.717. The molecule has 8 heteroatoms. The molecule has 0 unspecified atom stereocenters. The number of amides is 2. The fraction of sp³-hybridized carbons (Fsp3) is 0.133. The summed E-state index contributed by atoms with van der Waals surface area (Å²) < 4.78 is 26.1. The molecule has 0 spiro atoms. The Labute approximate surface area is 139 Å². The van der Waals surface area contributed by atoms with Crippen LogP contribution in [0.5, 0.6) is 0 Å². The number of rotatable bonds is 5. The highest BCUT2D eigenvalue weighted by molar-refractivity contribution is 7.90. The third kappa shape index (κ3) is 4.87. The second-order valence-electron chi connectivity index (χ2n) is 4.78. The fourth-order valence-electron chi connectivity index (χ4n) is 1.94. The maximum Gasteiger partial charge on any atom is 0.328 e. The minimum atomic E-state index is -4.05. The molecule has 0 fully saturated rings. The lowest BCUT2D eigenvalue weighted by Crippen LogP contribution is -2.40. The third-order valence-electron chi connectivity index (χ3n) is 3.03. The monoisotopic (exact) mass is 353 g/mol. The Morgan fingerprint density at radius 2 is 1.83 bits per heavy atom. The van der Waals surface area contributed by atoms with Crippen molar-refractivity contribution in [2.24, 2.45) is 0 Å². The number of hydrogen-bond donors (Lipinski definition) is 3. The summed E-state index contributed by atoms with van der Waals surface area (Å²) in [5.74, 6) is 0. The minimum Gasteiger partial charge on any atom is -0.398 e. The molecule has 0 aliphatic carbocycles. The molecule has 0 aliphatic rings. The molecule has 2 aromatic rings. The Kier molecular flexibility index (Phi) is 5.46. The molecule has 0 aromatic heterocycles. The second-order valence-corrected chi connectivity index (χ2v) is 6.87. The van der Waals surface area contributed by atoms with Crippen molar-refractivity contribution in [3.05, 3.63) is 59.1 Å². The first-order valence-electron chi connectivity index (χ1n) is 6.78. The zero-order valence-corrected chi connectivity index (χ0v) is 13.7. The summed E-state index contributed by atoms with van der Waals surface area (Å²) in [4.78, 5) is 11.5. The zero-order valence-electron chi connectivity index (χ0n) is 12.1. The topological polar surface area (TPSA) is 101 Å². The van der Waals surface area contributed by atoms with Crippen molar-refractivity contribution in [3.63, 3.8) is 0 Å². The van der Waals surface area contributed by atoms with Crippen LogP contribution < -0.4 is 15.8 Å². The fourth-order valence-corrected chi connectivity index (χ4v) is 3.17. The standard InChI is InChI=1S/C15H16ClN3O3S/c16-12-6-7-14(13(17)10-12)23(21,22)19-15(20)18-9-8-11-4-2-1-3-5-11/h1-7,10H,8-9,17H2,(H2,18,19,20). The maximum atomic E-state index is 12.1. The summed E-state index contributed by atoms with van der Waals surface area (Å²) in [6, 6.07) is 12.7. The third-order valence-corrected chi connectivity index (χ3v) is 4.67. The lowest BCUT2D eigenvalue weighted by Gasteiger charge is -2.10. The van der Waals surface area contributed by atoms with Gasteiger partial charge in [-0.25, -0.2) is 17.9 Å². The highest BCUT2D eigenvalue weighted by Gasteiger charge is 2.20. The smallest absolute Gasteiger partial charge is 0.328 e. The molecule has 2 rings (SSSR count). The van der Waals surface area contributed by atoms with Crippen molar-refractivity contribution in [3.8, 4) is 0 Å². The number of nitrogen functional groups attached to an aromatic ring is 1. The Morgan fingerprint density at radius 3 is 2.48 bits per heavy atom. The van der Waals surface area contributed by atoms with Crippen molar-refractivity contribution in [1.82, 2.24) is 10.0 Å². The van der Waals surface area contributed by atoms with Gasteiger partial charge in [-0.1, -0.05) is 41.9 Å². The van der Waals surface area contributed by atoms with Crippen LogP contribution in [0.4, 0.5) is 10.5 Å². The largest absolute Gasteiger partial charge is 0.398 e. The molecule has 0 radical (unpaired) electrons. The molecular formula is C15H16ClN3O3S. The van der Waals surface area contributed by atoms with Crippen LogP contribution in [0.15, 0.2) is 53.4 Å². The number of halogens is 1. The van der Waals surface area contributed by atoms with E-state index in [0.29, 0.717) is 18.0 Å². The predicted molar refractivity (Wildman–Crippen MR) is 89.7 cm³/mol. The molecule has 2 aromatic carbocycles. The van der Waals surface area contributed by atoms with Crippen LogP contribution in [-0.2, 0) is 16.4 Å². The molecule has 0 heterocycles. The van der Waals surface area contributed by atoms with Gasteiger partial charge in [0.25, 0.3) is 10.0 Å². The highest BCUT2D eigenvalue weighted by atomic mass is 35.5. The number of nitrogens with one attached hydrogen (secondary N) is 2. The first-order valence-corrected chi connectivity index (χ1v) is 8.64. The molecule has 0 saturated heterocycles. The van der Waals surface area contributed by atoms with Crippen LogP contribution in [0.1, 0.15) is 5.56 Å². The molecule has 6 nitrogen and oxygen atoms in total. The SMILES string of the molecule is Nc1cc(Cl)ccc1S(=O)(=O)NC(=O)NCCc1ccccc1. The van der Waals surface area contributed by atoms with Crippen LogP contribution in [0.3, 0.4) is 0 Å². The van der Waals surface area contributed by atoms with E-state index >= 15 is 0 Å². The predicted octanol–water partition coefficient (Wildman–Crippen LogP) is 2.15. The molecule has 4 N–H and O–H groups in total. The van der Waals surface area contributed by atoms with Crippen molar-refractivity contribution in [1.29, 1.82) is 0 Å². The van der Waals surface area contributed by atoms with Crippen LogP contribution in [0.2, 0.25) is 5.02 Å². The van der Waals surface area contributed by atoms with Gasteiger partial charge in [0, 0.05) is 11.6 Å². The summed E-state index contributed by atoms with van der Waals surface area (Å²) in [6.07, 6.45) is 0.595. The van der Waals surface area contributed by atoms with Gasteiger partial charge in [0.05, 0.1) is 5.69 Å². The van der Waals surface area contributed by atoms with E-state index in [0.717, 1.165) is 5.56 Å². The van der Waals surface area contributed by atoms with Crippen LogP contribution in [0, 0.1) is 0 Å². The lowest BCUT2D eigenvalue weighted by atomic mass is 10.1. The average Bonchev–Trinajstić information content (AvgIpc) is 2.47. The van der Waals surface area contributed by atoms with Gasteiger partial charge in [0.1, 0.15) is 4.90 Å². The Hall–Kier alpha value is -2.25. The van der Waals surface area contributed by atoms with E-state index in [9.17, 15) is 13.2 Å². The van der Waals surface area contributed by atoms with E-state index < -0.39 is 16.1 Å². The van der Waals surface area contributed by atoms with E-state index in [-0.39, 0.29) is 10.6 Å². The van der Waals surface area contributed by atoms with Gasteiger partial charge >= 0.3 is 6.03 Å². The Bertz CT molecular complexity index is 795. The molecular weight excluding hydrogens is 338 g/mol. The number of nitrogens with two attached hydrogens (primary N) is 1. The molecule has 0 atom stereocenters. The summed E-state index contributed by atoms with van der Waals surface area (Å²) in [7, 11) is -4.05. The lowest BCUT2D eigenvalue weighted by molar-refractivity contribution is 0.246. The maximum absolute atomic E-state index is 12.1. The Balaban J connectivity index is 1.93. The minimum absolute atomic E-state index is 0.0258. The number of benzene rings is 2. The number of carbonyl (C=O) groups is 1. The number of anilines is 1. The van der Waals surface area contributed by atoms with Crippen LogP contribution >= 0.6 is 11.6 Å². The number of urea groups is 1.